The molecule has 0 aromatic carbocycles. The lowest BCUT2D eigenvalue weighted by Crippen LogP contribution is -2.36. The molecular weight excluding hydrogens is 114 g/mol. The summed E-state index contributed by atoms with van der Waals surface area (Å²) in [5.74, 6) is 0. The van der Waals surface area contributed by atoms with Crippen LogP contribution in [0, 0.1) is 11.3 Å². The van der Waals surface area contributed by atoms with Crippen LogP contribution >= 0.6 is 0 Å². The van der Waals surface area contributed by atoms with Gasteiger partial charge in [0.15, 0.2) is 0 Å². The fourth-order valence-corrected chi connectivity index (χ4v) is 0.544. The summed E-state index contributed by atoms with van der Waals surface area (Å²) in [5.41, 5.74) is -0.741. The van der Waals surface area contributed by atoms with Gasteiger partial charge < -0.3 is 5.32 Å². The van der Waals surface area contributed by atoms with Gasteiger partial charge in [0.2, 0.25) is 5.66 Å². The maximum absolute atomic E-state index is 8.49. The van der Waals surface area contributed by atoms with Gasteiger partial charge in [-0.2, -0.15) is 5.26 Å². The summed E-state index contributed by atoms with van der Waals surface area (Å²) in [6.07, 6.45) is 5.06. The highest BCUT2D eigenvalue weighted by molar-refractivity contribution is 5.72. The lowest BCUT2D eigenvalue weighted by atomic mass is 10.2. The smallest absolute Gasteiger partial charge is 0.214 e. The van der Waals surface area contributed by atoms with Crippen molar-refractivity contribution in [3.8, 4) is 6.07 Å². The molecule has 0 aliphatic carbocycles. The number of nitrogens with zero attached hydrogens (tertiary/aromatic N) is 2. The topological polar surface area (TPSA) is 48.2 Å². The van der Waals surface area contributed by atoms with Gasteiger partial charge in [-0.25, -0.2) is 0 Å². The second-order valence-electron chi connectivity index (χ2n) is 1.97. The Kier molecular flexibility index (Phi) is 1.23. The lowest BCUT2D eigenvalue weighted by Gasteiger charge is -2.18. The zero-order valence-electron chi connectivity index (χ0n) is 5.13. The van der Waals surface area contributed by atoms with E-state index in [-0.39, 0.29) is 0 Å². The summed E-state index contributed by atoms with van der Waals surface area (Å²) in [5, 5.41) is 11.3. The van der Waals surface area contributed by atoms with E-state index in [1.165, 1.54) is 0 Å². The first-order valence-electron chi connectivity index (χ1n) is 2.66. The van der Waals surface area contributed by atoms with Crippen molar-refractivity contribution in [2.75, 3.05) is 0 Å². The van der Waals surface area contributed by atoms with Crippen LogP contribution in [-0.2, 0) is 0 Å². The molecule has 1 N–H and O–H groups in total. The van der Waals surface area contributed by atoms with E-state index in [0.717, 1.165) is 0 Å². The van der Waals surface area contributed by atoms with E-state index in [0.29, 0.717) is 0 Å². The highest BCUT2D eigenvalue weighted by Gasteiger charge is 2.19. The Labute approximate surface area is 53.7 Å². The molecule has 0 radical (unpaired) electrons. The van der Waals surface area contributed by atoms with Gasteiger partial charge in [0.1, 0.15) is 6.07 Å². The molecule has 0 aromatic heterocycles. The standard InChI is InChI=1S/C6H7N3/c1-6(5-7)8-3-2-4-9-6/h2-4,8H,1H3. The maximum Gasteiger partial charge on any atom is 0.214 e. The second kappa shape index (κ2) is 1.90. The monoisotopic (exact) mass is 121 g/mol. The Morgan fingerprint density at radius 3 is 2.89 bits per heavy atom. The van der Waals surface area contributed by atoms with E-state index >= 15 is 0 Å². The average molecular weight is 121 g/mol. The van der Waals surface area contributed by atoms with E-state index < -0.39 is 5.66 Å². The van der Waals surface area contributed by atoms with Crippen molar-refractivity contribution in [3.05, 3.63) is 12.3 Å². The number of hydrogen-bond donors (Lipinski definition) is 1. The first-order valence-corrected chi connectivity index (χ1v) is 2.66. The normalized spacial score (nSPS) is 31.1. The molecule has 1 aliphatic heterocycles. The molecule has 0 saturated heterocycles. The van der Waals surface area contributed by atoms with Crippen LogP contribution in [0.4, 0.5) is 0 Å². The van der Waals surface area contributed by atoms with Crippen LogP contribution in [0.2, 0.25) is 0 Å². The molecule has 1 atom stereocenters. The van der Waals surface area contributed by atoms with Crippen LogP contribution in [-0.4, -0.2) is 11.9 Å². The minimum absolute atomic E-state index is 0.741. The lowest BCUT2D eigenvalue weighted by molar-refractivity contribution is 0.538. The molecule has 0 amide bonds. The van der Waals surface area contributed by atoms with Gasteiger partial charge in [0.05, 0.1) is 0 Å². The minimum atomic E-state index is -0.741. The molecule has 1 unspecified atom stereocenters. The molecule has 3 nitrogen and oxygen atoms in total. The van der Waals surface area contributed by atoms with Gasteiger partial charge in [0.25, 0.3) is 0 Å². The summed E-state index contributed by atoms with van der Waals surface area (Å²) in [7, 11) is 0. The van der Waals surface area contributed by atoms with Crippen molar-refractivity contribution in [2.24, 2.45) is 4.99 Å². The van der Waals surface area contributed by atoms with Gasteiger partial charge in [-0.15, -0.1) is 0 Å². The number of nitriles is 1. The fraction of sp³-hybridized carbons (Fsp3) is 0.333. The van der Waals surface area contributed by atoms with Crippen molar-refractivity contribution in [1.82, 2.24) is 5.32 Å². The molecule has 9 heavy (non-hydrogen) atoms. The van der Waals surface area contributed by atoms with E-state index in [1.807, 2.05) is 6.07 Å². The van der Waals surface area contributed by atoms with E-state index in [9.17, 15) is 0 Å². The Morgan fingerprint density at radius 1 is 1.78 bits per heavy atom. The summed E-state index contributed by atoms with van der Waals surface area (Å²) in [4.78, 5) is 3.90. The fourth-order valence-electron chi connectivity index (χ4n) is 0.544. The Bertz CT molecular complexity index is 199. The molecule has 0 saturated carbocycles. The average Bonchev–Trinajstić information content (AvgIpc) is 1.90. The first-order chi connectivity index (χ1) is 4.27. The largest absolute Gasteiger partial charge is 0.356 e. The van der Waals surface area contributed by atoms with Crippen LogP contribution < -0.4 is 5.32 Å². The van der Waals surface area contributed by atoms with Crippen LogP contribution in [0.5, 0.6) is 0 Å². The van der Waals surface area contributed by atoms with Crippen LogP contribution in [0.25, 0.3) is 0 Å². The molecule has 0 fully saturated rings. The van der Waals surface area contributed by atoms with Crippen LogP contribution in [0.1, 0.15) is 6.92 Å². The predicted octanol–water partition coefficient (Wildman–Crippen LogP) is 0.414. The quantitative estimate of drug-likeness (QED) is 0.504. The molecule has 0 spiro atoms. The van der Waals surface area contributed by atoms with Crippen LogP contribution in [0.15, 0.2) is 17.3 Å². The molecule has 3 heteroatoms. The van der Waals surface area contributed by atoms with Crippen molar-refractivity contribution in [2.45, 2.75) is 12.6 Å². The van der Waals surface area contributed by atoms with Gasteiger partial charge in [-0.05, 0) is 13.0 Å². The zero-order valence-corrected chi connectivity index (χ0v) is 5.13. The van der Waals surface area contributed by atoms with Crippen molar-refractivity contribution in [1.29, 1.82) is 5.26 Å². The molecule has 1 aliphatic rings. The zero-order chi connectivity index (χ0) is 6.74. The van der Waals surface area contributed by atoms with Gasteiger partial charge in [-0.1, -0.05) is 0 Å². The third-order valence-corrected chi connectivity index (χ3v) is 1.10. The summed E-state index contributed by atoms with van der Waals surface area (Å²) < 4.78 is 0. The molecule has 0 bridgehead atoms. The Balaban J connectivity index is 2.77. The van der Waals surface area contributed by atoms with Crippen molar-refractivity contribution < 1.29 is 0 Å². The van der Waals surface area contributed by atoms with E-state index in [2.05, 4.69) is 10.3 Å². The second-order valence-corrected chi connectivity index (χ2v) is 1.97. The third kappa shape index (κ3) is 1.08. The molecule has 1 heterocycles. The molecule has 1 rings (SSSR count). The van der Waals surface area contributed by atoms with Gasteiger partial charge in [0, 0.05) is 12.4 Å². The Hall–Kier alpha value is -1.30. The minimum Gasteiger partial charge on any atom is -0.356 e. The van der Waals surface area contributed by atoms with Crippen molar-refractivity contribution in [3.63, 3.8) is 0 Å². The summed E-state index contributed by atoms with van der Waals surface area (Å²) in [6, 6.07) is 2.02. The number of aliphatic imine (C=N–C) groups is 1. The number of hydrogen-bond acceptors (Lipinski definition) is 3. The summed E-state index contributed by atoms with van der Waals surface area (Å²) in [6.45, 7) is 1.72. The molecular formula is C6H7N3. The van der Waals surface area contributed by atoms with Crippen LogP contribution in [0.3, 0.4) is 0 Å². The number of rotatable bonds is 0. The first kappa shape index (κ1) is 5.83. The highest BCUT2D eigenvalue weighted by Crippen LogP contribution is 2.04. The number of allylic oxidation sites excluding steroid dienone is 1. The summed E-state index contributed by atoms with van der Waals surface area (Å²) >= 11 is 0. The predicted molar refractivity (Wildman–Crippen MR) is 34.8 cm³/mol. The third-order valence-electron chi connectivity index (χ3n) is 1.10. The maximum atomic E-state index is 8.49. The SMILES string of the molecule is CC1(C#N)N=CC=CN1. The Morgan fingerprint density at radius 2 is 2.56 bits per heavy atom. The van der Waals surface area contributed by atoms with Gasteiger partial charge in [-0.3, -0.25) is 4.99 Å². The van der Waals surface area contributed by atoms with Gasteiger partial charge >= 0.3 is 0 Å². The highest BCUT2D eigenvalue weighted by atomic mass is 15.1. The number of nitrogens with one attached hydrogen (secondary N) is 1. The molecule has 46 valence electrons. The van der Waals surface area contributed by atoms with Crippen molar-refractivity contribution >= 4 is 6.21 Å². The van der Waals surface area contributed by atoms with E-state index in [1.54, 1.807) is 25.4 Å². The van der Waals surface area contributed by atoms with E-state index in [4.69, 9.17) is 5.26 Å². The molecule has 0 aromatic rings.